The van der Waals surface area contributed by atoms with E-state index in [2.05, 4.69) is 46.8 Å². The first-order valence-corrected chi connectivity index (χ1v) is 6.78. The van der Waals surface area contributed by atoms with Gasteiger partial charge < -0.3 is 0 Å². The van der Waals surface area contributed by atoms with Gasteiger partial charge in [-0.2, -0.15) is 0 Å². The van der Waals surface area contributed by atoms with Crippen molar-refractivity contribution in [2.45, 2.75) is 66.7 Å². The molecule has 0 spiro atoms. The van der Waals surface area contributed by atoms with Crippen LogP contribution in [0, 0.1) is 17.8 Å². The Labute approximate surface area is 97.2 Å². The monoisotopic (exact) mass is 210 g/mol. The van der Waals surface area contributed by atoms with Crippen LogP contribution < -0.4 is 0 Å². The van der Waals surface area contributed by atoms with E-state index in [4.69, 9.17) is 0 Å². The second-order valence-electron chi connectivity index (χ2n) is 5.17. The quantitative estimate of drug-likeness (QED) is 0.468. The van der Waals surface area contributed by atoms with E-state index in [1.54, 1.807) is 0 Å². The number of allylic oxidation sites excluding steroid dienone is 2. The van der Waals surface area contributed by atoms with E-state index < -0.39 is 0 Å². The van der Waals surface area contributed by atoms with Gasteiger partial charge in [-0.05, 0) is 30.6 Å². The molecule has 0 aliphatic heterocycles. The highest BCUT2D eigenvalue weighted by Crippen LogP contribution is 2.28. The van der Waals surface area contributed by atoms with Crippen molar-refractivity contribution in [3.8, 4) is 0 Å². The maximum atomic E-state index is 2.42. The minimum atomic E-state index is 0.817. The summed E-state index contributed by atoms with van der Waals surface area (Å²) in [5.74, 6) is 2.57. The Morgan fingerprint density at radius 1 is 0.933 bits per heavy atom. The first kappa shape index (κ1) is 14.7. The minimum absolute atomic E-state index is 0.817. The van der Waals surface area contributed by atoms with Crippen molar-refractivity contribution in [3.05, 3.63) is 12.2 Å². The molecular weight excluding hydrogens is 180 g/mol. The molecule has 0 bridgehead atoms. The van der Waals surface area contributed by atoms with Gasteiger partial charge in [-0.3, -0.25) is 0 Å². The van der Waals surface area contributed by atoms with Gasteiger partial charge in [-0.15, -0.1) is 0 Å². The molecule has 0 aromatic heterocycles. The van der Waals surface area contributed by atoms with Crippen LogP contribution in [-0.2, 0) is 0 Å². The first-order chi connectivity index (χ1) is 7.13. The summed E-state index contributed by atoms with van der Waals surface area (Å²) in [4.78, 5) is 0. The molecule has 15 heavy (non-hydrogen) atoms. The lowest BCUT2D eigenvalue weighted by Crippen LogP contribution is -2.17. The molecule has 0 rings (SSSR count). The maximum absolute atomic E-state index is 2.42. The molecule has 0 fully saturated rings. The molecule has 90 valence electrons. The van der Waals surface area contributed by atoms with E-state index in [1.807, 2.05) is 0 Å². The molecule has 0 aliphatic carbocycles. The van der Waals surface area contributed by atoms with E-state index >= 15 is 0 Å². The average molecular weight is 210 g/mol. The van der Waals surface area contributed by atoms with Crippen molar-refractivity contribution in [2.24, 2.45) is 17.8 Å². The molecule has 0 saturated heterocycles. The molecule has 0 aromatic rings. The molecule has 0 aromatic carbocycles. The summed E-state index contributed by atoms with van der Waals surface area (Å²) in [6, 6.07) is 0. The molecule has 2 atom stereocenters. The average Bonchev–Trinajstić information content (AvgIpc) is 2.17. The van der Waals surface area contributed by atoms with Gasteiger partial charge in [0.2, 0.25) is 0 Å². The van der Waals surface area contributed by atoms with Crippen LogP contribution in [0.15, 0.2) is 12.2 Å². The van der Waals surface area contributed by atoms with E-state index in [1.165, 1.54) is 32.1 Å². The zero-order valence-corrected chi connectivity index (χ0v) is 11.4. The highest BCUT2D eigenvalue weighted by Gasteiger charge is 2.18. The largest absolute Gasteiger partial charge is 0.0885 e. The van der Waals surface area contributed by atoms with Gasteiger partial charge in [0.25, 0.3) is 0 Å². The second-order valence-corrected chi connectivity index (χ2v) is 5.17. The Morgan fingerprint density at radius 3 is 2.07 bits per heavy atom. The van der Waals surface area contributed by atoms with E-state index in [-0.39, 0.29) is 0 Å². The van der Waals surface area contributed by atoms with Crippen LogP contribution >= 0.6 is 0 Å². The van der Waals surface area contributed by atoms with Gasteiger partial charge in [-0.1, -0.05) is 66.0 Å². The van der Waals surface area contributed by atoms with Gasteiger partial charge in [0.15, 0.2) is 0 Å². The van der Waals surface area contributed by atoms with Crippen LogP contribution in [0.3, 0.4) is 0 Å². The number of hydrogen-bond acceptors (Lipinski definition) is 0. The fourth-order valence-electron chi connectivity index (χ4n) is 2.37. The summed E-state index contributed by atoms with van der Waals surface area (Å²) >= 11 is 0. The number of rotatable bonds is 8. The SMILES string of the molecule is CCCC=CCC(C(C)C)C(C)CCC. The Morgan fingerprint density at radius 2 is 1.60 bits per heavy atom. The lowest BCUT2D eigenvalue weighted by Gasteiger charge is -2.26. The highest BCUT2D eigenvalue weighted by atomic mass is 14.2. The zero-order chi connectivity index (χ0) is 11.7. The van der Waals surface area contributed by atoms with Gasteiger partial charge in [0.05, 0.1) is 0 Å². The number of hydrogen-bond donors (Lipinski definition) is 0. The lowest BCUT2D eigenvalue weighted by atomic mass is 9.80. The van der Waals surface area contributed by atoms with E-state index in [0.717, 1.165) is 17.8 Å². The maximum Gasteiger partial charge on any atom is -0.0317 e. The molecule has 0 aliphatic rings. The van der Waals surface area contributed by atoms with Crippen LogP contribution in [-0.4, -0.2) is 0 Å². The van der Waals surface area contributed by atoms with Crippen molar-refractivity contribution in [1.29, 1.82) is 0 Å². The lowest BCUT2D eigenvalue weighted by molar-refractivity contribution is 0.258. The fraction of sp³-hybridized carbons (Fsp3) is 0.867. The Kier molecular flexibility index (Phi) is 8.85. The fourth-order valence-corrected chi connectivity index (χ4v) is 2.37. The van der Waals surface area contributed by atoms with Gasteiger partial charge >= 0.3 is 0 Å². The Hall–Kier alpha value is -0.260. The molecular formula is C15H30. The Balaban J connectivity index is 4.03. The standard InChI is InChI=1S/C15H30/c1-6-8-9-10-12-15(13(3)4)14(5)11-7-2/h9-10,13-15H,6-8,11-12H2,1-5H3. The van der Waals surface area contributed by atoms with Crippen molar-refractivity contribution in [2.75, 3.05) is 0 Å². The predicted octanol–water partition coefficient (Wildman–Crippen LogP) is 5.44. The number of unbranched alkanes of at least 4 members (excludes halogenated alkanes) is 1. The van der Waals surface area contributed by atoms with Crippen LogP contribution in [0.25, 0.3) is 0 Å². The van der Waals surface area contributed by atoms with Crippen molar-refractivity contribution >= 4 is 0 Å². The van der Waals surface area contributed by atoms with Crippen molar-refractivity contribution in [3.63, 3.8) is 0 Å². The van der Waals surface area contributed by atoms with Crippen LogP contribution in [0.5, 0.6) is 0 Å². The normalized spacial score (nSPS) is 16.1. The summed E-state index contributed by atoms with van der Waals surface area (Å²) in [6.07, 6.45) is 11.3. The minimum Gasteiger partial charge on any atom is -0.0885 e. The molecule has 0 N–H and O–H groups in total. The molecule has 0 heteroatoms. The van der Waals surface area contributed by atoms with Crippen LogP contribution in [0.4, 0.5) is 0 Å². The smallest absolute Gasteiger partial charge is 0.0317 e. The van der Waals surface area contributed by atoms with Crippen molar-refractivity contribution < 1.29 is 0 Å². The molecule has 0 amide bonds. The van der Waals surface area contributed by atoms with Gasteiger partial charge in [0.1, 0.15) is 0 Å². The third-order valence-corrected chi connectivity index (χ3v) is 3.36. The van der Waals surface area contributed by atoms with E-state index in [9.17, 15) is 0 Å². The summed E-state index contributed by atoms with van der Waals surface area (Å²) < 4.78 is 0. The Bertz CT molecular complexity index is 155. The van der Waals surface area contributed by atoms with Gasteiger partial charge in [0, 0.05) is 0 Å². The van der Waals surface area contributed by atoms with Crippen LogP contribution in [0.1, 0.15) is 66.7 Å². The molecule has 2 unspecified atom stereocenters. The van der Waals surface area contributed by atoms with Crippen molar-refractivity contribution in [1.82, 2.24) is 0 Å². The molecule has 0 saturated carbocycles. The first-order valence-electron chi connectivity index (χ1n) is 6.78. The topological polar surface area (TPSA) is 0 Å². The summed E-state index contributed by atoms with van der Waals surface area (Å²) in [7, 11) is 0. The molecule has 0 radical (unpaired) electrons. The zero-order valence-electron chi connectivity index (χ0n) is 11.4. The second kappa shape index (κ2) is 9.00. The highest BCUT2D eigenvalue weighted by molar-refractivity contribution is 4.86. The van der Waals surface area contributed by atoms with E-state index in [0.29, 0.717) is 0 Å². The predicted molar refractivity (Wildman–Crippen MR) is 71.1 cm³/mol. The third kappa shape index (κ3) is 6.76. The third-order valence-electron chi connectivity index (χ3n) is 3.36. The molecule has 0 heterocycles. The summed E-state index contributed by atoms with van der Waals surface area (Å²) in [6.45, 7) is 11.7. The molecule has 0 nitrogen and oxygen atoms in total. The van der Waals surface area contributed by atoms with Crippen LogP contribution in [0.2, 0.25) is 0 Å². The van der Waals surface area contributed by atoms with Gasteiger partial charge in [-0.25, -0.2) is 0 Å². The summed E-state index contributed by atoms with van der Waals surface area (Å²) in [5, 5.41) is 0. The summed E-state index contributed by atoms with van der Waals surface area (Å²) in [5.41, 5.74) is 0.